The summed E-state index contributed by atoms with van der Waals surface area (Å²) in [6.45, 7) is 3.18. The summed E-state index contributed by atoms with van der Waals surface area (Å²) in [5.74, 6) is 0. The van der Waals surface area contributed by atoms with E-state index in [0.717, 1.165) is 6.42 Å². The maximum absolute atomic E-state index is 13.1. The summed E-state index contributed by atoms with van der Waals surface area (Å²) in [5.41, 5.74) is 0. The summed E-state index contributed by atoms with van der Waals surface area (Å²) in [6.07, 6.45) is 0.860. The Morgan fingerprint density at radius 1 is 1.38 bits per heavy atom. The Kier molecular flexibility index (Phi) is 3.29. The maximum Gasteiger partial charge on any atom is 0.214 e. The van der Waals surface area contributed by atoms with Gasteiger partial charge in [0.2, 0.25) is 10.0 Å². The molecule has 0 heterocycles. The van der Waals surface area contributed by atoms with E-state index in [2.05, 4.69) is 4.72 Å². The number of hydrogen-bond donors (Lipinski definition) is 1. The van der Waals surface area contributed by atoms with Crippen molar-refractivity contribution < 1.29 is 12.8 Å². The number of halogens is 1. The van der Waals surface area contributed by atoms with E-state index in [9.17, 15) is 12.8 Å². The van der Waals surface area contributed by atoms with E-state index in [1.165, 1.54) is 0 Å². The molecule has 0 spiro atoms. The fourth-order valence-corrected chi connectivity index (χ4v) is 2.35. The molecule has 3 nitrogen and oxygen atoms in total. The summed E-state index contributed by atoms with van der Waals surface area (Å²) >= 11 is 0. The van der Waals surface area contributed by atoms with Crippen molar-refractivity contribution >= 4 is 10.0 Å². The van der Waals surface area contributed by atoms with Crippen molar-refractivity contribution in [1.29, 1.82) is 0 Å². The third-order valence-corrected chi connectivity index (χ3v) is 4.24. The van der Waals surface area contributed by atoms with Gasteiger partial charge in [0.15, 0.2) is 0 Å². The number of nitrogens with one attached hydrogen (secondary N) is 1. The molecule has 5 heteroatoms. The van der Waals surface area contributed by atoms with Gasteiger partial charge in [0, 0.05) is 0 Å². The smallest absolute Gasteiger partial charge is 0.214 e. The molecule has 1 N–H and O–H groups in total. The Morgan fingerprint density at radius 3 is 2.38 bits per heavy atom. The SMILES string of the molecule is CC(C)S(=O)(=O)N[C@H]1CCC[C@H]1F. The zero-order valence-electron chi connectivity index (χ0n) is 7.96. The molecule has 1 aliphatic rings. The third-order valence-electron chi connectivity index (χ3n) is 2.37. The van der Waals surface area contributed by atoms with Gasteiger partial charge in [-0.25, -0.2) is 17.5 Å². The van der Waals surface area contributed by atoms with Gasteiger partial charge in [0.1, 0.15) is 6.17 Å². The molecule has 0 bridgehead atoms. The van der Waals surface area contributed by atoms with Gasteiger partial charge < -0.3 is 0 Å². The van der Waals surface area contributed by atoms with Crippen LogP contribution in [-0.2, 0) is 10.0 Å². The van der Waals surface area contributed by atoms with Gasteiger partial charge in [-0.15, -0.1) is 0 Å². The highest BCUT2D eigenvalue weighted by Crippen LogP contribution is 2.22. The highest BCUT2D eigenvalue weighted by atomic mass is 32.2. The Bertz CT molecular complexity index is 263. The second kappa shape index (κ2) is 3.92. The molecule has 0 aliphatic heterocycles. The normalized spacial score (nSPS) is 29.8. The van der Waals surface area contributed by atoms with Crippen LogP contribution < -0.4 is 4.72 Å². The van der Waals surface area contributed by atoms with Crippen molar-refractivity contribution in [2.24, 2.45) is 0 Å². The predicted octanol–water partition coefficient (Wildman–Crippen LogP) is 1.20. The second-order valence-electron chi connectivity index (χ2n) is 3.77. The predicted molar refractivity (Wildman–Crippen MR) is 49.7 cm³/mol. The molecule has 0 amide bonds. The Hall–Kier alpha value is -0.160. The number of hydrogen-bond acceptors (Lipinski definition) is 2. The van der Waals surface area contributed by atoms with Gasteiger partial charge in [-0.2, -0.15) is 0 Å². The van der Waals surface area contributed by atoms with E-state index in [0.29, 0.717) is 12.8 Å². The molecule has 1 fully saturated rings. The highest BCUT2D eigenvalue weighted by molar-refractivity contribution is 7.90. The van der Waals surface area contributed by atoms with Crippen LogP contribution in [0.15, 0.2) is 0 Å². The minimum Gasteiger partial charge on any atom is -0.246 e. The Labute approximate surface area is 78.8 Å². The van der Waals surface area contributed by atoms with E-state index in [4.69, 9.17) is 0 Å². The van der Waals surface area contributed by atoms with E-state index in [-0.39, 0.29) is 0 Å². The van der Waals surface area contributed by atoms with Crippen molar-refractivity contribution in [2.45, 2.75) is 50.6 Å². The Morgan fingerprint density at radius 2 is 2.00 bits per heavy atom. The van der Waals surface area contributed by atoms with Gasteiger partial charge in [-0.05, 0) is 33.1 Å². The molecular formula is C8H16FNO2S. The van der Waals surface area contributed by atoms with Crippen LogP contribution in [0.2, 0.25) is 0 Å². The second-order valence-corrected chi connectivity index (χ2v) is 6.03. The molecule has 0 aromatic heterocycles. The van der Waals surface area contributed by atoms with Gasteiger partial charge >= 0.3 is 0 Å². The minimum absolute atomic E-state index is 0.477. The topological polar surface area (TPSA) is 46.2 Å². The fraction of sp³-hybridized carbons (Fsp3) is 1.00. The lowest BCUT2D eigenvalue weighted by molar-refractivity contribution is 0.299. The zero-order valence-corrected chi connectivity index (χ0v) is 8.77. The van der Waals surface area contributed by atoms with Crippen LogP contribution in [0.1, 0.15) is 33.1 Å². The molecule has 0 aromatic carbocycles. The van der Waals surface area contributed by atoms with Crippen molar-refractivity contribution in [3.8, 4) is 0 Å². The van der Waals surface area contributed by atoms with Crippen molar-refractivity contribution in [3.63, 3.8) is 0 Å². The summed E-state index contributed by atoms with van der Waals surface area (Å²) in [6, 6.07) is -0.493. The van der Waals surface area contributed by atoms with Crippen molar-refractivity contribution in [2.75, 3.05) is 0 Å². The van der Waals surface area contributed by atoms with Crippen LogP contribution in [0.3, 0.4) is 0 Å². The summed E-state index contributed by atoms with van der Waals surface area (Å²) < 4.78 is 38.2. The van der Waals surface area contributed by atoms with E-state index in [1.807, 2.05) is 0 Å². The highest BCUT2D eigenvalue weighted by Gasteiger charge is 2.31. The fourth-order valence-electron chi connectivity index (χ4n) is 1.39. The quantitative estimate of drug-likeness (QED) is 0.759. The summed E-state index contributed by atoms with van der Waals surface area (Å²) in [4.78, 5) is 0. The van der Waals surface area contributed by atoms with Crippen molar-refractivity contribution in [3.05, 3.63) is 0 Å². The first-order valence-electron chi connectivity index (χ1n) is 4.58. The number of alkyl halides is 1. The van der Waals surface area contributed by atoms with E-state index >= 15 is 0 Å². The molecule has 1 aliphatic carbocycles. The van der Waals surface area contributed by atoms with E-state index < -0.39 is 27.5 Å². The Balaban J connectivity index is 2.58. The standard InChI is InChI=1S/C8H16FNO2S/c1-6(2)13(11,12)10-8-5-3-4-7(8)9/h6-8,10H,3-5H2,1-2H3/t7-,8+/m1/s1. The van der Waals surface area contributed by atoms with Gasteiger partial charge in [0.25, 0.3) is 0 Å². The van der Waals surface area contributed by atoms with Crippen LogP contribution in [-0.4, -0.2) is 25.9 Å². The van der Waals surface area contributed by atoms with Gasteiger partial charge in [-0.1, -0.05) is 0 Å². The molecule has 0 unspecified atom stereocenters. The van der Waals surface area contributed by atoms with Crippen LogP contribution in [0.5, 0.6) is 0 Å². The minimum atomic E-state index is -3.30. The lowest BCUT2D eigenvalue weighted by Crippen LogP contribution is -2.41. The molecule has 0 radical (unpaired) electrons. The first-order chi connectivity index (χ1) is 5.93. The largest absolute Gasteiger partial charge is 0.246 e. The van der Waals surface area contributed by atoms with Crippen LogP contribution >= 0.6 is 0 Å². The zero-order chi connectivity index (χ0) is 10.1. The van der Waals surface area contributed by atoms with Crippen molar-refractivity contribution in [1.82, 2.24) is 4.72 Å². The number of sulfonamides is 1. The summed E-state index contributed by atoms with van der Waals surface area (Å²) in [5, 5.41) is -0.486. The number of rotatable bonds is 3. The average molecular weight is 209 g/mol. The van der Waals surface area contributed by atoms with Gasteiger partial charge in [0.05, 0.1) is 11.3 Å². The monoisotopic (exact) mass is 209 g/mol. The molecular weight excluding hydrogens is 193 g/mol. The lowest BCUT2D eigenvalue weighted by Gasteiger charge is -2.16. The van der Waals surface area contributed by atoms with Gasteiger partial charge in [-0.3, -0.25) is 0 Å². The molecule has 1 saturated carbocycles. The first-order valence-corrected chi connectivity index (χ1v) is 6.13. The molecule has 13 heavy (non-hydrogen) atoms. The molecule has 2 atom stereocenters. The molecule has 0 saturated heterocycles. The average Bonchev–Trinajstić information content (AvgIpc) is 2.35. The maximum atomic E-state index is 13.1. The molecule has 1 rings (SSSR count). The molecule has 0 aromatic rings. The first kappa shape index (κ1) is 10.9. The van der Waals surface area contributed by atoms with Crippen LogP contribution in [0, 0.1) is 0 Å². The summed E-state index contributed by atoms with van der Waals surface area (Å²) in [7, 11) is -3.30. The van der Waals surface area contributed by atoms with Crippen LogP contribution in [0.25, 0.3) is 0 Å². The lowest BCUT2D eigenvalue weighted by atomic mass is 10.2. The van der Waals surface area contributed by atoms with Crippen LogP contribution in [0.4, 0.5) is 4.39 Å². The third kappa shape index (κ3) is 2.64. The molecule has 78 valence electrons. The van der Waals surface area contributed by atoms with E-state index in [1.54, 1.807) is 13.8 Å².